The van der Waals surface area contributed by atoms with Crippen LogP contribution >= 0.6 is 0 Å². The standard InChI is InChI=1S/C28H36N2O3/c1-4-25(27(31)29-16-14-19(2)3)33-23-13-12-20-15-17-30(28(32)22-10-11-22)26(24(20)18-23)21-8-6-5-7-9-21/h5-9,12-13,18-19,22,25-26H,4,10-11,14-17H2,1-3H3,(H,29,31). The monoisotopic (exact) mass is 448 g/mol. The minimum absolute atomic E-state index is 0.0685. The van der Waals surface area contributed by atoms with E-state index in [4.69, 9.17) is 4.74 Å². The van der Waals surface area contributed by atoms with Crippen molar-refractivity contribution < 1.29 is 14.3 Å². The topological polar surface area (TPSA) is 58.6 Å². The van der Waals surface area contributed by atoms with Gasteiger partial charge in [0.05, 0.1) is 6.04 Å². The van der Waals surface area contributed by atoms with E-state index < -0.39 is 6.10 Å². The van der Waals surface area contributed by atoms with Gasteiger partial charge in [0.1, 0.15) is 5.75 Å². The maximum Gasteiger partial charge on any atom is 0.261 e. The predicted octanol–water partition coefficient (Wildman–Crippen LogP) is 4.89. The number of nitrogens with zero attached hydrogens (tertiary/aromatic N) is 1. The van der Waals surface area contributed by atoms with Crippen LogP contribution in [0, 0.1) is 11.8 Å². The molecule has 0 aromatic heterocycles. The first kappa shape index (κ1) is 23.3. The average molecular weight is 449 g/mol. The summed E-state index contributed by atoms with van der Waals surface area (Å²) in [7, 11) is 0. The lowest BCUT2D eigenvalue weighted by Crippen LogP contribution is -2.41. The molecule has 2 aromatic carbocycles. The normalized spacial score (nSPS) is 18.5. The second-order valence-electron chi connectivity index (χ2n) is 9.72. The molecule has 5 heteroatoms. The average Bonchev–Trinajstić information content (AvgIpc) is 3.67. The van der Waals surface area contributed by atoms with Crippen molar-refractivity contribution in [3.8, 4) is 5.75 Å². The zero-order valence-electron chi connectivity index (χ0n) is 20.0. The molecule has 1 aliphatic carbocycles. The number of amides is 2. The number of carbonyl (C=O) groups is 2. The van der Waals surface area contributed by atoms with Gasteiger partial charge in [-0.15, -0.1) is 0 Å². The Bertz CT molecular complexity index is 968. The van der Waals surface area contributed by atoms with E-state index >= 15 is 0 Å². The number of benzene rings is 2. The molecular formula is C28H36N2O3. The van der Waals surface area contributed by atoms with Crippen LogP contribution < -0.4 is 10.1 Å². The summed E-state index contributed by atoms with van der Waals surface area (Å²) in [6, 6.07) is 16.2. The fourth-order valence-corrected chi connectivity index (χ4v) is 4.55. The molecule has 0 spiro atoms. The molecule has 2 amide bonds. The van der Waals surface area contributed by atoms with Gasteiger partial charge in [0.2, 0.25) is 5.91 Å². The smallest absolute Gasteiger partial charge is 0.261 e. The van der Waals surface area contributed by atoms with E-state index in [1.807, 2.05) is 37.3 Å². The van der Waals surface area contributed by atoms with Gasteiger partial charge in [0.25, 0.3) is 5.91 Å². The van der Waals surface area contributed by atoms with E-state index in [2.05, 4.69) is 42.3 Å². The molecule has 33 heavy (non-hydrogen) atoms. The third-order valence-corrected chi connectivity index (χ3v) is 6.63. The Morgan fingerprint density at radius 2 is 1.88 bits per heavy atom. The molecule has 2 unspecified atom stereocenters. The molecule has 2 atom stereocenters. The van der Waals surface area contributed by atoms with Crippen molar-refractivity contribution in [2.24, 2.45) is 11.8 Å². The van der Waals surface area contributed by atoms with Gasteiger partial charge in [-0.05, 0) is 66.8 Å². The minimum atomic E-state index is -0.529. The predicted molar refractivity (Wildman–Crippen MR) is 130 cm³/mol. The van der Waals surface area contributed by atoms with Gasteiger partial charge in [-0.2, -0.15) is 0 Å². The summed E-state index contributed by atoms with van der Waals surface area (Å²) in [5.74, 6) is 1.60. The van der Waals surface area contributed by atoms with Crippen LogP contribution in [0.4, 0.5) is 0 Å². The molecular weight excluding hydrogens is 412 g/mol. The number of carbonyl (C=O) groups excluding carboxylic acids is 2. The van der Waals surface area contributed by atoms with E-state index in [0.29, 0.717) is 24.6 Å². The lowest BCUT2D eigenvalue weighted by atomic mass is 9.87. The van der Waals surface area contributed by atoms with Gasteiger partial charge in [0, 0.05) is 19.0 Å². The van der Waals surface area contributed by atoms with Crippen molar-refractivity contribution in [2.45, 2.75) is 65.0 Å². The van der Waals surface area contributed by atoms with Crippen LogP contribution in [0.2, 0.25) is 0 Å². The van der Waals surface area contributed by atoms with Gasteiger partial charge in [-0.25, -0.2) is 0 Å². The number of nitrogens with one attached hydrogen (secondary N) is 1. The van der Waals surface area contributed by atoms with Crippen LogP contribution in [0.1, 0.15) is 69.2 Å². The van der Waals surface area contributed by atoms with Crippen molar-refractivity contribution in [3.05, 3.63) is 65.2 Å². The molecule has 0 saturated heterocycles. The summed E-state index contributed by atoms with van der Waals surface area (Å²) in [4.78, 5) is 27.9. The highest BCUT2D eigenvalue weighted by Gasteiger charge is 2.39. The zero-order valence-corrected chi connectivity index (χ0v) is 20.0. The summed E-state index contributed by atoms with van der Waals surface area (Å²) in [5, 5.41) is 3.01. The fourth-order valence-electron chi connectivity index (χ4n) is 4.55. The highest BCUT2D eigenvalue weighted by atomic mass is 16.5. The zero-order chi connectivity index (χ0) is 23.4. The van der Waals surface area contributed by atoms with E-state index in [-0.39, 0.29) is 23.8 Å². The maximum atomic E-state index is 13.1. The highest BCUT2D eigenvalue weighted by molar-refractivity contribution is 5.82. The lowest BCUT2D eigenvalue weighted by Gasteiger charge is -2.38. The van der Waals surface area contributed by atoms with Crippen molar-refractivity contribution in [3.63, 3.8) is 0 Å². The molecule has 1 aliphatic heterocycles. The first-order valence-electron chi connectivity index (χ1n) is 12.4. The Morgan fingerprint density at radius 3 is 2.55 bits per heavy atom. The van der Waals surface area contributed by atoms with Crippen molar-refractivity contribution in [1.82, 2.24) is 10.2 Å². The molecule has 2 aliphatic rings. The van der Waals surface area contributed by atoms with Crippen LogP contribution in [0.15, 0.2) is 48.5 Å². The Hall–Kier alpha value is -2.82. The van der Waals surface area contributed by atoms with Crippen LogP contribution in [0.3, 0.4) is 0 Å². The molecule has 0 bridgehead atoms. The molecule has 5 nitrogen and oxygen atoms in total. The molecule has 1 saturated carbocycles. The highest BCUT2D eigenvalue weighted by Crippen LogP contribution is 2.41. The SMILES string of the molecule is CCC(Oc1ccc2c(c1)C(c1ccccc1)N(C(=O)C1CC1)CC2)C(=O)NCCC(C)C. The molecule has 176 valence electrons. The molecule has 0 radical (unpaired) electrons. The van der Waals surface area contributed by atoms with Crippen molar-refractivity contribution in [2.75, 3.05) is 13.1 Å². The number of ether oxygens (including phenoxy) is 1. The van der Waals surface area contributed by atoms with Crippen LogP contribution in [0.25, 0.3) is 0 Å². The van der Waals surface area contributed by atoms with E-state index in [1.165, 1.54) is 5.56 Å². The first-order chi connectivity index (χ1) is 16.0. The van der Waals surface area contributed by atoms with E-state index in [9.17, 15) is 9.59 Å². The molecule has 1 fully saturated rings. The van der Waals surface area contributed by atoms with Crippen LogP contribution in [0.5, 0.6) is 5.75 Å². The molecule has 1 N–H and O–H groups in total. The van der Waals surface area contributed by atoms with E-state index in [0.717, 1.165) is 43.4 Å². The number of rotatable bonds is 9. The Labute approximate surface area is 197 Å². The summed E-state index contributed by atoms with van der Waals surface area (Å²) >= 11 is 0. The lowest BCUT2D eigenvalue weighted by molar-refractivity contribution is -0.134. The number of hydrogen-bond donors (Lipinski definition) is 1. The molecule has 2 aromatic rings. The third-order valence-electron chi connectivity index (χ3n) is 6.63. The van der Waals surface area contributed by atoms with Gasteiger partial charge in [-0.1, -0.05) is 57.2 Å². The van der Waals surface area contributed by atoms with Gasteiger partial charge in [0.15, 0.2) is 6.10 Å². The summed E-state index contributed by atoms with van der Waals surface area (Å²) in [6.45, 7) is 7.65. The van der Waals surface area contributed by atoms with E-state index in [1.54, 1.807) is 0 Å². The minimum Gasteiger partial charge on any atom is -0.481 e. The molecule has 4 rings (SSSR count). The Morgan fingerprint density at radius 1 is 1.12 bits per heavy atom. The Balaban J connectivity index is 1.58. The van der Waals surface area contributed by atoms with Crippen LogP contribution in [-0.2, 0) is 16.0 Å². The van der Waals surface area contributed by atoms with Crippen LogP contribution in [-0.4, -0.2) is 35.9 Å². The summed E-state index contributed by atoms with van der Waals surface area (Å²) in [6.07, 6.45) is 3.85. The molecule has 1 heterocycles. The fraction of sp³-hybridized carbons (Fsp3) is 0.500. The van der Waals surface area contributed by atoms with Gasteiger partial charge >= 0.3 is 0 Å². The second kappa shape index (κ2) is 10.4. The quantitative estimate of drug-likeness (QED) is 0.594. The summed E-state index contributed by atoms with van der Waals surface area (Å²) < 4.78 is 6.17. The van der Waals surface area contributed by atoms with Gasteiger partial charge < -0.3 is 15.0 Å². The number of fused-ring (bicyclic) bond motifs is 1. The largest absolute Gasteiger partial charge is 0.481 e. The van der Waals surface area contributed by atoms with Gasteiger partial charge in [-0.3, -0.25) is 9.59 Å². The third kappa shape index (κ3) is 5.58. The first-order valence-corrected chi connectivity index (χ1v) is 12.4. The second-order valence-corrected chi connectivity index (χ2v) is 9.72. The van der Waals surface area contributed by atoms with Crippen molar-refractivity contribution in [1.29, 1.82) is 0 Å². The summed E-state index contributed by atoms with van der Waals surface area (Å²) in [5.41, 5.74) is 3.46. The Kier molecular flexibility index (Phi) is 7.36. The maximum absolute atomic E-state index is 13.1. The number of hydrogen-bond acceptors (Lipinski definition) is 3. The van der Waals surface area contributed by atoms with Crippen molar-refractivity contribution >= 4 is 11.8 Å².